The zero-order chi connectivity index (χ0) is 13.5. The monoisotopic (exact) mass is 274 g/mol. The number of halogens is 1. The molecule has 3 nitrogen and oxygen atoms in total. The second-order valence-electron chi connectivity index (χ2n) is 4.52. The molecule has 0 saturated carbocycles. The quantitative estimate of drug-likeness (QED) is 0.857. The Balaban J connectivity index is 1.97. The highest BCUT2D eigenvalue weighted by molar-refractivity contribution is 6.30. The molecule has 0 bridgehead atoms. The average Bonchev–Trinajstić information content (AvgIpc) is 2.65. The van der Waals surface area contributed by atoms with Crippen LogP contribution in [-0.4, -0.2) is 11.1 Å². The van der Waals surface area contributed by atoms with E-state index in [-0.39, 0.29) is 6.42 Å². The van der Waals surface area contributed by atoms with E-state index in [0.717, 1.165) is 5.56 Å². The Kier molecular flexibility index (Phi) is 2.81. The van der Waals surface area contributed by atoms with Crippen LogP contribution in [0.5, 0.6) is 0 Å². The van der Waals surface area contributed by atoms with Gasteiger partial charge < -0.3 is 9.84 Å². The van der Waals surface area contributed by atoms with Crippen LogP contribution in [0.1, 0.15) is 21.5 Å². The summed E-state index contributed by atoms with van der Waals surface area (Å²) in [7, 11) is 0. The molecule has 4 heteroatoms. The Morgan fingerprint density at radius 1 is 1.11 bits per heavy atom. The van der Waals surface area contributed by atoms with E-state index in [2.05, 4.69) is 0 Å². The van der Waals surface area contributed by atoms with Gasteiger partial charge in [0.2, 0.25) is 5.79 Å². The van der Waals surface area contributed by atoms with Crippen molar-refractivity contribution in [1.29, 1.82) is 0 Å². The highest BCUT2D eigenvalue weighted by atomic mass is 35.5. The number of esters is 1. The van der Waals surface area contributed by atoms with E-state index in [9.17, 15) is 9.90 Å². The Labute approximate surface area is 115 Å². The summed E-state index contributed by atoms with van der Waals surface area (Å²) in [4.78, 5) is 11.7. The van der Waals surface area contributed by atoms with Crippen LogP contribution in [0.25, 0.3) is 0 Å². The van der Waals surface area contributed by atoms with Crippen LogP contribution in [0.15, 0.2) is 48.5 Å². The third-order valence-electron chi connectivity index (χ3n) is 3.19. The summed E-state index contributed by atoms with van der Waals surface area (Å²) < 4.78 is 5.14. The molecule has 0 aliphatic carbocycles. The van der Waals surface area contributed by atoms with Gasteiger partial charge in [-0.05, 0) is 23.8 Å². The molecular weight excluding hydrogens is 264 g/mol. The summed E-state index contributed by atoms with van der Waals surface area (Å²) in [5, 5.41) is 11.2. The largest absolute Gasteiger partial charge is 0.425 e. The number of cyclic esters (lactones) is 1. The first-order chi connectivity index (χ1) is 9.08. The summed E-state index contributed by atoms with van der Waals surface area (Å²) in [6, 6.07) is 13.9. The number of hydrogen-bond donors (Lipinski definition) is 1. The van der Waals surface area contributed by atoms with Crippen molar-refractivity contribution in [2.45, 2.75) is 12.2 Å². The minimum atomic E-state index is -1.60. The van der Waals surface area contributed by atoms with Gasteiger partial charge in [0.25, 0.3) is 0 Å². The molecule has 19 heavy (non-hydrogen) atoms. The number of hydrogen-bond acceptors (Lipinski definition) is 3. The number of carbonyl (C=O) groups excluding carboxylic acids is 1. The molecule has 1 heterocycles. The summed E-state index contributed by atoms with van der Waals surface area (Å²) in [6.07, 6.45) is 0.201. The Morgan fingerprint density at radius 2 is 1.79 bits per heavy atom. The first-order valence-electron chi connectivity index (χ1n) is 5.88. The predicted molar refractivity (Wildman–Crippen MR) is 70.9 cm³/mol. The number of carbonyl (C=O) groups is 1. The zero-order valence-electron chi connectivity index (χ0n) is 9.97. The van der Waals surface area contributed by atoms with Gasteiger partial charge in [-0.1, -0.05) is 41.9 Å². The standard InChI is InChI=1S/C15H11ClO3/c16-11-7-5-10(6-8-11)9-15(18)13-4-2-1-3-12(13)14(17)19-15/h1-8,18H,9H2. The van der Waals surface area contributed by atoms with E-state index < -0.39 is 11.8 Å². The van der Waals surface area contributed by atoms with E-state index in [0.29, 0.717) is 16.1 Å². The van der Waals surface area contributed by atoms with Crippen LogP contribution in [0.2, 0.25) is 5.02 Å². The number of aliphatic hydroxyl groups is 1. The molecule has 1 aliphatic rings. The average molecular weight is 275 g/mol. The van der Waals surface area contributed by atoms with Crippen LogP contribution in [0, 0.1) is 0 Å². The first-order valence-corrected chi connectivity index (χ1v) is 6.26. The van der Waals surface area contributed by atoms with Gasteiger partial charge in [-0.25, -0.2) is 4.79 Å². The fourth-order valence-electron chi connectivity index (χ4n) is 2.28. The van der Waals surface area contributed by atoms with Crippen molar-refractivity contribution in [3.05, 3.63) is 70.2 Å². The summed E-state index contributed by atoms with van der Waals surface area (Å²) in [5.41, 5.74) is 1.77. The molecule has 0 spiro atoms. The molecule has 0 aromatic heterocycles. The zero-order valence-corrected chi connectivity index (χ0v) is 10.7. The molecule has 0 amide bonds. The molecule has 1 unspecified atom stereocenters. The van der Waals surface area contributed by atoms with Gasteiger partial charge in [0.1, 0.15) is 0 Å². The first kappa shape index (κ1) is 12.2. The maximum atomic E-state index is 11.7. The third-order valence-corrected chi connectivity index (χ3v) is 3.44. The molecule has 96 valence electrons. The summed E-state index contributed by atoms with van der Waals surface area (Å²) in [6.45, 7) is 0. The molecule has 0 radical (unpaired) electrons. The molecule has 0 fully saturated rings. The molecule has 1 aliphatic heterocycles. The van der Waals surface area contributed by atoms with Gasteiger partial charge in [0.05, 0.1) is 5.56 Å². The maximum absolute atomic E-state index is 11.7. The van der Waals surface area contributed by atoms with Crippen molar-refractivity contribution < 1.29 is 14.6 Å². The van der Waals surface area contributed by atoms with E-state index in [1.54, 1.807) is 48.5 Å². The summed E-state index contributed by atoms with van der Waals surface area (Å²) in [5.74, 6) is -2.09. The van der Waals surface area contributed by atoms with Crippen LogP contribution in [0.3, 0.4) is 0 Å². The topological polar surface area (TPSA) is 46.5 Å². The second-order valence-corrected chi connectivity index (χ2v) is 4.96. The summed E-state index contributed by atoms with van der Waals surface area (Å²) >= 11 is 5.82. The fraction of sp³-hybridized carbons (Fsp3) is 0.133. The third kappa shape index (κ3) is 2.11. The van der Waals surface area contributed by atoms with Crippen LogP contribution in [-0.2, 0) is 16.9 Å². The predicted octanol–water partition coefficient (Wildman–Crippen LogP) is 2.90. The van der Waals surface area contributed by atoms with Crippen LogP contribution >= 0.6 is 11.6 Å². The number of ether oxygens (including phenoxy) is 1. The lowest BCUT2D eigenvalue weighted by Gasteiger charge is -2.22. The molecule has 2 aromatic carbocycles. The lowest BCUT2D eigenvalue weighted by Crippen LogP contribution is -2.28. The number of benzene rings is 2. The maximum Gasteiger partial charge on any atom is 0.341 e. The lowest BCUT2D eigenvalue weighted by atomic mass is 9.96. The van der Waals surface area contributed by atoms with Crippen LogP contribution < -0.4 is 0 Å². The van der Waals surface area contributed by atoms with Crippen molar-refractivity contribution in [1.82, 2.24) is 0 Å². The van der Waals surface area contributed by atoms with E-state index in [4.69, 9.17) is 16.3 Å². The molecule has 3 rings (SSSR count). The molecule has 1 N–H and O–H groups in total. The normalized spacial score (nSPS) is 21.1. The Hall–Kier alpha value is -1.84. The molecule has 0 saturated heterocycles. The lowest BCUT2D eigenvalue weighted by molar-refractivity contribution is -0.161. The Morgan fingerprint density at radius 3 is 2.53 bits per heavy atom. The van der Waals surface area contributed by atoms with Crippen molar-refractivity contribution >= 4 is 17.6 Å². The van der Waals surface area contributed by atoms with Gasteiger partial charge in [0.15, 0.2) is 0 Å². The second kappa shape index (κ2) is 4.37. The van der Waals surface area contributed by atoms with Crippen molar-refractivity contribution in [3.63, 3.8) is 0 Å². The number of fused-ring (bicyclic) bond motifs is 1. The highest BCUT2D eigenvalue weighted by Gasteiger charge is 2.43. The smallest absolute Gasteiger partial charge is 0.341 e. The minimum Gasteiger partial charge on any atom is -0.425 e. The fourth-order valence-corrected chi connectivity index (χ4v) is 2.40. The van der Waals surface area contributed by atoms with Crippen molar-refractivity contribution in [2.24, 2.45) is 0 Å². The number of rotatable bonds is 2. The van der Waals surface area contributed by atoms with E-state index in [1.165, 1.54) is 0 Å². The van der Waals surface area contributed by atoms with E-state index >= 15 is 0 Å². The van der Waals surface area contributed by atoms with Gasteiger partial charge in [0, 0.05) is 17.0 Å². The van der Waals surface area contributed by atoms with E-state index in [1.807, 2.05) is 0 Å². The SMILES string of the molecule is O=C1OC(O)(Cc2ccc(Cl)cc2)c2ccccc21. The Bertz CT molecular complexity index is 636. The minimum absolute atomic E-state index is 0.201. The van der Waals surface area contributed by atoms with Crippen molar-refractivity contribution in [3.8, 4) is 0 Å². The molecule has 2 aromatic rings. The van der Waals surface area contributed by atoms with Crippen LogP contribution in [0.4, 0.5) is 0 Å². The highest BCUT2D eigenvalue weighted by Crippen LogP contribution is 2.36. The van der Waals surface area contributed by atoms with Gasteiger partial charge in [-0.15, -0.1) is 0 Å². The van der Waals surface area contributed by atoms with Gasteiger partial charge in [-0.3, -0.25) is 0 Å². The molecular formula is C15H11ClO3. The van der Waals surface area contributed by atoms with Crippen molar-refractivity contribution in [2.75, 3.05) is 0 Å². The van der Waals surface area contributed by atoms with Gasteiger partial charge >= 0.3 is 5.97 Å². The van der Waals surface area contributed by atoms with Gasteiger partial charge in [-0.2, -0.15) is 0 Å². The molecule has 1 atom stereocenters.